The second-order valence-corrected chi connectivity index (χ2v) is 6.75. The number of nitrogens with two attached hydrogens (primary N) is 1. The van der Waals surface area contributed by atoms with Gasteiger partial charge >= 0.3 is 0 Å². The van der Waals surface area contributed by atoms with Crippen LogP contribution in [-0.4, -0.2) is 8.42 Å². The Hall–Kier alpha value is 0.0900. The molecule has 1 aromatic rings. The van der Waals surface area contributed by atoms with E-state index in [4.69, 9.17) is 5.14 Å². The van der Waals surface area contributed by atoms with Gasteiger partial charge in [0.25, 0.3) is 0 Å². The van der Waals surface area contributed by atoms with E-state index in [1.807, 2.05) is 6.07 Å². The molecule has 0 saturated carbocycles. The van der Waals surface area contributed by atoms with Crippen molar-refractivity contribution in [2.24, 2.45) is 5.14 Å². The molecule has 0 aliphatic heterocycles. The van der Waals surface area contributed by atoms with Crippen LogP contribution in [0, 0.1) is 0 Å². The second-order valence-electron chi connectivity index (χ2n) is 2.37. The molecule has 1 heterocycles. The first-order valence-electron chi connectivity index (χ1n) is 3.18. The smallest absolute Gasteiger partial charge is 0.216 e. The van der Waals surface area contributed by atoms with Gasteiger partial charge in [-0.05, 0) is 35.0 Å². The molecule has 0 radical (unpaired) electrons. The average Bonchev–Trinajstić information content (AvgIpc) is 2.32. The molecule has 6 heteroatoms. The molecule has 12 heavy (non-hydrogen) atoms. The van der Waals surface area contributed by atoms with Crippen molar-refractivity contribution in [2.75, 3.05) is 0 Å². The highest BCUT2D eigenvalue weighted by atomic mass is 79.9. The first-order chi connectivity index (χ1) is 5.41. The van der Waals surface area contributed by atoms with Gasteiger partial charge in [-0.15, -0.1) is 11.3 Å². The summed E-state index contributed by atoms with van der Waals surface area (Å²) >= 11 is 4.63. The number of thiophene rings is 1. The Balaban J connectivity index is 3.01. The maximum Gasteiger partial charge on any atom is 0.216 e. The lowest BCUT2D eigenvalue weighted by molar-refractivity contribution is 0.588. The van der Waals surface area contributed by atoms with Crippen LogP contribution in [0.25, 0.3) is 0 Å². The van der Waals surface area contributed by atoms with Gasteiger partial charge in [0.15, 0.2) is 0 Å². The van der Waals surface area contributed by atoms with E-state index in [0.29, 0.717) is 0 Å². The Bertz CT molecular complexity index is 371. The third kappa shape index (κ3) is 2.29. The number of sulfonamides is 1. The molecular formula is C6H8BrNO2S2. The van der Waals surface area contributed by atoms with Gasteiger partial charge < -0.3 is 0 Å². The molecule has 0 aliphatic rings. The summed E-state index contributed by atoms with van der Waals surface area (Å²) in [5.41, 5.74) is 0. The molecule has 0 aromatic carbocycles. The minimum Gasteiger partial charge on any atom is -0.228 e. The molecule has 1 aromatic heterocycles. The number of hydrogen-bond donors (Lipinski definition) is 1. The molecule has 0 spiro atoms. The maximum absolute atomic E-state index is 10.9. The van der Waals surface area contributed by atoms with Crippen LogP contribution in [-0.2, 0) is 10.0 Å². The first kappa shape index (κ1) is 10.2. The topological polar surface area (TPSA) is 60.2 Å². The molecule has 0 bridgehead atoms. The summed E-state index contributed by atoms with van der Waals surface area (Å²) in [4.78, 5) is 0.754. The van der Waals surface area contributed by atoms with Crippen LogP contribution in [0.5, 0.6) is 0 Å². The fourth-order valence-corrected chi connectivity index (χ4v) is 3.01. The Kier molecular flexibility index (Phi) is 2.92. The standard InChI is InChI=1S/C6H8BrNO2S2/c1-4(12(8,9)10)5-2-3-6(7)11-5/h2-4H,1H3,(H2,8,9,10). The van der Waals surface area contributed by atoms with Gasteiger partial charge in [-0.3, -0.25) is 0 Å². The summed E-state index contributed by atoms with van der Waals surface area (Å²) in [7, 11) is -3.45. The van der Waals surface area contributed by atoms with E-state index in [9.17, 15) is 8.42 Å². The van der Waals surface area contributed by atoms with Crippen LogP contribution >= 0.6 is 27.3 Å². The molecule has 3 nitrogen and oxygen atoms in total. The molecule has 1 rings (SSSR count). The van der Waals surface area contributed by atoms with Gasteiger partial charge in [0, 0.05) is 4.88 Å². The monoisotopic (exact) mass is 269 g/mol. The zero-order valence-corrected chi connectivity index (χ0v) is 9.54. The van der Waals surface area contributed by atoms with E-state index in [2.05, 4.69) is 15.9 Å². The molecule has 1 atom stereocenters. The lowest BCUT2D eigenvalue weighted by atomic mass is 10.4. The van der Waals surface area contributed by atoms with Gasteiger partial charge in [0.1, 0.15) is 5.25 Å². The van der Waals surface area contributed by atoms with E-state index in [1.165, 1.54) is 11.3 Å². The molecule has 0 fully saturated rings. The number of halogens is 1. The number of hydrogen-bond acceptors (Lipinski definition) is 3. The summed E-state index contributed by atoms with van der Waals surface area (Å²) in [5, 5.41) is 4.37. The SMILES string of the molecule is CC(c1ccc(Br)s1)S(N)(=O)=O. The van der Waals surface area contributed by atoms with Crippen molar-refractivity contribution in [3.8, 4) is 0 Å². The maximum atomic E-state index is 10.9. The Morgan fingerprint density at radius 3 is 2.50 bits per heavy atom. The minimum atomic E-state index is -3.45. The van der Waals surface area contributed by atoms with Crippen LogP contribution in [0.3, 0.4) is 0 Å². The molecule has 1 unspecified atom stereocenters. The van der Waals surface area contributed by atoms with Gasteiger partial charge in [0.05, 0.1) is 3.79 Å². The van der Waals surface area contributed by atoms with Crippen LogP contribution in [0.2, 0.25) is 0 Å². The van der Waals surface area contributed by atoms with Crippen LogP contribution in [0.15, 0.2) is 15.9 Å². The third-order valence-electron chi connectivity index (χ3n) is 1.49. The fourth-order valence-electron chi connectivity index (χ4n) is 0.709. The minimum absolute atomic E-state index is 0.617. The molecule has 68 valence electrons. The van der Waals surface area contributed by atoms with E-state index < -0.39 is 15.3 Å². The second kappa shape index (κ2) is 3.45. The highest BCUT2D eigenvalue weighted by Crippen LogP contribution is 2.30. The lowest BCUT2D eigenvalue weighted by Gasteiger charge is -2.04. The highest BCUT2D eigenvalue weighted by molar-refractivity contribution is 9.11. The van der Waals surface area contributed by atoms with Crippen LogP contribution in [0.4, 0.5) is 0 Å². The van der Waals surface area contributed by atoms with Gasteiger partial charge in [0.2, 0.25) is 10.0 Å². The highest BCUT2D eigenvalue weighted by Gasteiger charge is 2.19. The zero-order valence-electron chi connectivity index (χ0n) is 6.32. The van der Waals surface area contributed by atoms with E-state index in [-0.39, 0.29) is 0 Å². The Labute approximate surface area is 83.8 Å². The average molecular weight is 270 g/mol. The molecule has 0 amide bonds. The van der Waals surface area contributed by atoms with Crippen molar-refractivity contribution in [3.63, 3.8) is 0 Å². The molecule has 0 saturated heterocycles. The first-order valence-corrected chi connectivity index (χ1v) is 6.40. The summed E-state index contributed by atoms with van der Waals surface area (Å²) in [5.74, 6) is 0. The van der Waals surface area contributed by atoms with E-state index >= 15 is 0 Å². The van der Waals surface area contributed by atoms with Gasteiger partial charge in [-0.1, -0.05) is 0 Å². The number of primary sulfonamides is 1. The zero-order chi connectivity index (χ0) is 9.35. The Morgan fingerprint density at radius 1 is 1.58 bits per heavy atom. The van der Waals surface area contributed by atoms with E-state index in [0.717, 1.165) is 8.66 Å². The van der Waals surface area contributed by atoms with Crippen molar-refractivity contribution in [2.45, 2.75) is 12.2 Å². The van der Waals surface area contributed by atoms with Crippen LogP contribution in [0.1, 0.15) is 17.1 Å². The van der Waals surface area contributed by atoms with Gasteiger partial charge in [-0.2, -0.15) is 0 Å². The predicted molar refractivity (Wildman–Crippen MR) is 53.5 cm³/mol. The fraction of sp³-hybridized carbons (Fsp3) is 0.333. The summed E-state index contributed by atoms with van der Waals surface area (Å²) in [6.07, 6.45) is 0. The Morgan fingerprint density at radius 2 is 2.17 bits per heavy atom. The normalized spacial score (nSPS) is 14.6. The largest absolute Gasteiger partial charge is 0.228 e. The summed E-state index contributed by atoms with van der Waals surface area (Å²) in [6.45, 7) is 1.58. The predicted octanol–water partition coefficient (Wildman–Crippen LogP) is 1.86. The lowest BCUT2D eigenvalue weighted by Crippen LogP contribution is -2.18. The summed E-state index contributed by atoms with van der Waals surface area (Å²) < 4.78 is 22.7. The molecular weight excluding hydrogens is 262 g/mol. The number of rotatable bonds is 2. The van der Waals surface area contributed by atoms with Crippen LogP contribution < -0.4 is 5.14 Å². The summed E-state index contributed by atoms with van der Waals surface area (Å²) in [6, 6.07) is 3.56. The van der Waals surface area contributed by atoms with Crippen molar-refractivity contribution in [1.29, 1.82) is 0 Å². The molecule has 0 aliphatic carbocycles. The van der Waals surface area contributed by atoms with E-state index in [1.54, 1.807) is 13.0 Å². The third-order valence-corrected chi connectivity index (χ3v) is 4.68. The van der Waals surface area contributed by atoms with Crippen molar-refractivity contribution < 1.29 is 8.42 Å². The quantitative estimate of drug-likeness (QED) is 0.891. The van der Waals surface area contributed by atoms with Crippen molar-refractivity contribution in [3.05, 3.63) is 20.8 Å². The van der Waals surface area contributed by atoms with Crippen molar-refractivity contribution >= 4 is 37.3 Å². The molecule has 2 N–H and O–H groups in total. The van der Waals surface area contributed by atoms with Crippen molar-refractivity contribution in [1.82, 2.24) is 0 Å². The van der Waals surface area contributed by atoms with Gasteiger partial charge in [-0.25, -0.2) is 13.6 Å².